The molecule has 2 rings (SSSR count). The van der Waals surface area contributed by atoms with Gasteiger partial charge in [-0.25, -0.2) is 9.59 Å². The molecule has 16 heavy (non-hydrogen) atoms. The highest BCUT2D eigenvalue weighted by molar-refractivity contribution is 5.67. The molecule has 1 spiro atoms. The first-order chi connectivity index (χ1) is 7.55. The summed E-state index contributed by atoms with van der Waals surface area (Å²) < 4.78 is 0. The summed E-state index contributed by atoms with van der Waals surface area (Å²) in [5.74, 6) is 0. The molecule has 0 aromatic carbocycles. The summed E-state index contributed by atoms with van der Waals surface area (Å²) in [6, 6.07) is 0. The van der Waals surface area contributed by atoms with Crippen LogP contribution in [0.1, 0.15) is 25.7 Å². The molecule has 0 aliphatic carbocycles. The lowest BCUT2D eigenvalue weighted by atomic mass is 9.85. The largest absolute Gasteiger partial charge is 0.465 e. The van der Waals surface area contributed by atoms with Crippen LogP contribution in [-0.4, -0.2) is 57.4 Å². The number of rotatable bonds is 0. The maximum absolute atomic E-state index is 11.1. The van der Waals surface area contributed by atoms with Crippen LogP contribution >= 0.6 is 0 Å². The van der Waals surface area contributed by atoms with Crippen molar-refractivity contribution < 1.29 is 19.8 Å². The molecule has 2 fully saturated rings. The molecule has 0 aromatic rings. The van der Waals surface area contributed by atoms with Crippen molar-refractivity contribution in [3.8, 4) is 0 Å². The van der Waals surface area contributed by atoms with Crippen molar-refractivity contribution in [3.63, 3.8) is 0 Å². The summed E-state index contributed by atoms with van der Waals surface area (Å²) in [4.78, 5) is 24.7. The number of hydrogen-bond donors (Lipinski definition) is 2. The van der Waals surface area contributed by atoms with Gasteiger partial charge in [0.25, 0.3) is 0 Å². The molecule has 0 radical (unpaired) electrons. The summed E-state index contributed by atoms with van der Waals surface area (Å²) in [7, 11) is 0. The molecular weight excluding hydrogens is 212 g/mol. The zero-order valence-electron chi connectivity index (χ0n) is 9.06. The van der Waals surface area contributed by atoms with Gasteiger partial charge in [0.05, 0.1) is 0 Å². The molecule has 0 unspecified atom stereocenters. The second-order valence-electron chi connectivity index (χ2n) is 4.53. The Balaban J connectivity index is 2.05. The average molecular weight is 228 g/mol. The fraction of sp³-hybridized carbons (Fsp3) is 0.800. The van der Waals surface area contributed by atoms with Gasteiger partial charge in [0.2, 0.25) is 0 Å². The van der Waals surface area contributed by atoms with Crippen LogP contribution in [0.3, 0.4) is 0 Å². The van der Waals surface area contributed by atoms with Crippen molar-refractivity contribution in [2.45, 2.75) is 31.2 Å². The van der Waals surface area contributed by atoms with Gasteiger partial charge >= 0.3 is 12.2 Å². The van der Waals surface area contributed by atoms with E-state index in [4.69, 9.17) is 10.2 Å². The zero-order valence-corrected chi connectivity index (χ0v) is 9.06. The molecule has 0 aromatic heterocycles. The van der Waals surface area contributed by atoms with Gasteiger partial charge in [-0.3, -0.25) is 0 Å². The van der Waals surface area contributed by atoms with Crippen LogP contribution in [0, 0.1) is 0 Å². The van der Waals surface area contributed by atoms with E-state index in [9.17, 15) is 9.59 Å². The molecule has 90 valence electrons. The van der Waals surface area contributed by atoms with Crippen LogP contribution in [0.15, 0.2) is 0 Å². The van der Waals surface area contributed by atoms with Crippen LogP contribution in [0.4, 0.5) is 9.59 Å². The molecule has 0 saturated carbocycles. The van der Waals surface area contributed by atoms with Gasteiger partial charge in [-0.1, -0.05) is 0 Å². The van der Waals surface area contributed by atoms with Gasteiger partial charge in [0, 0.05) is 25.2 Å². The maximum Gasteiger partial charge on any atom is 0.407 e. The predicted octanol–water partition coefficient (Wildman–Crippen LogP) is 1.27. The van der Waals surface area contributed by atoms with Crippen LogP contribution in [-0.2, 0) is 0 Å². The Morgan fingerprint density at radius 3 is 2.06 bits per heavy atom. The zero-order chi connectivity index (χ0) is 11.8. The Labute approximate surface area is 93.4 Å². The molecular formula is C10H16N2O4. The van der Waals surface area contributed by atoms with Gasteiger partial charge in [-0.05, 0) is 25.7 Å². The Kier molecular flexibility index (Phi) is 2.65. The van der Waals surface area contributed by atoms with E-state index >= 15 is 0 Å². The van der Waals surface area contributed by atoms with Crippen molar-refractivity contribution >= 4 is 12.2 Å². The summed E-state index contributed by atoms with van der Waals surface area (Å²) in [6.07, 6.45) is 1.24. The quantitative estimate of drug-likeness (QED) is 0.654. The van der Waals surface area contributed by atoms with E-state index in [0.717, 1.165) is 12.8 Å². The first-order valence-electron chi connectivity index (χ1n) is 5.54. The second-order valence-corrected chi connectivity index (χ2v) is 4.53. The third-order valence-corrected chi connectivity index (χ3v) is 3.79. The molecule has 0 bridgehead atoms. The summed E-state index contributed by atoms with van der Waals surface area (Å²) in [6.45, 7) is 1.47. The van der Waals surface area contributed by atoms with E-state index in [1.807, 2.05) is 0 Å². The van der Waals surface area contributed by atoms with Crippen LogP contribution in [0.5, 0.6) is 0 Å². The van der Waals surface area contributed by atoms with Gasteiger partial charge in [0.15, 0.2) is 0 Å². The minimum absolute atomic E-state index is 0.294. The minimum Gasteiger partial charge on any atom is -0.465 e. The molecule has 6 nitrogen and oxygen atoms in total. The average Bonchev–Trinajstić information content (AvgIpc) is 2.62. The molecule has 2 amide bonds. The first kappa shape index (κ1) is 11.0. The Morgan fingerprint density at radius 1 is 0.938 bits per heavy atom. The highest BCUT2D eigenvalue weighted by atomic mass is 16.4. The third-order valence-electron chi connectivity index (χ3n) is 3.79. The van der Waals surface area contributed by atoms with E-state index < -0.39 is 12.2 Å². The predicted molar refractivity (Wildman–Crippen MR) is 55.5 cm³/mol. The third kappa shape index (κ3) is 1.68. The molecule has 6 heteroatoms. The summed E-state index contributed by atoms with van der Waals surface area (Å²) in [5.41, 5.74) is -0.294. The van der Waals surface area contributed by atoms with Gasteiger partial charge in [-0.2, -0.15) is 0 Å². The van der Waals surface area contributed by atoms with Crippen molar-refractivity contribution in [1.82, 2.24) is 9.80 Å². The lowest BCUT2D eigenvalue weighted by Crippen LogP contribution is -2.54. The molecule has 2 aliphatic rings. The maximum atomic E-state index is 11.1. The van der Waals surface area contributed by atoms with Crippen LogP contribution in [0.25, 0.3) is 0 Å². The highest BCUT2D eigenvalue weighted by Crippen LogP contribution is 2.38. The molecule has 2 saturated heterocycles. The standard InChI is InChI=1S/C10H16N2O4/c13-8(14)11-6-3-10(4-7-11)2-1-5-12(10)9(15)16/h1-7H2,(H,13,14)(H,15,16). The monoisotopic (exact) mass is 228 g/mol. The van der Waals surface area contributed by atoms with Crippen LogP contribution < -0.4 is 0 Å². The molecule has 2 N–H and O–H groups in total. The first-order valence-corrected chi connectivity index (χ1v) is 5.54. The smallest absolute Gasteiger partial charge is 0.407 e. The Morgan fingerprint density at radius 2 is 1.56 bits per heavy atom. The minimum atomic E-state index is -0.908. The molecule has 2 heterocycles. The number of carboxylic acid groups (broad SMARTS) is 2. The number of hydrogen-bond acceptors (Lipinski definition) is 2. The Bertz CT molecular complexity index is 310. The fourth-order valence-corrected chi connectivity index (χ4v) is 2.87. The van der Waals surface area contributed by atoms with E-state index in [2.05, 4.69) is 0 Å². The number of amides is 2. The molecule has 0 atom stereocenters. The van der Waals surface area contributed by atoms with Crippen molar-refractivity contribution in [2.75, 3.05) is 19.6 Å². The van der Waals surface area contributed by atoms with Gasteiger partial charge < -0.3 is 20.0 Å². The van der Waals surface area contributed by atoms with E-state index in [1.54, 1.807) is 0 Å². The lowest BCUT2D eigenvalue weighted by molar-refractivity contribution is 0.0523. The second kappa shape index (κ2) is 3.84. The number of likely N-dealkylation sites (tertiary alicyclic amines) is 2. The lowest BCUT2D eigenvalue weighted by Gasteiger charge is -2.42. The van der Waals surface area contributed by atoms with E-state index in [-0.39, 0.29) is 5.54 Å². The van der Waals surface area contributed by atoms with E-state index in [1.165, 1.54) is 9.80 Å². The Hall–Kier alpha value is -1.46. The van der Waals surface area contributed by atoms with Crippen molar-refractivity contribution in [3.05, 3.63) is 0 Å². The van der Waals surface area contributed by atoms with Gasteiger partial charge in [-0.15, -0.1) is 0 Å². The van der Waals surface area contributed by atoms with Crippen molar-refractivity contribution in [1.29, 1.82) is 0 Å². The summed E-state index contributed by atoms with van der Waals surface area (Å²) >= 11 is 0. The SMILES string of the molecule is O=C(O)N1CCC2(CCCN2C(=O)O)CC1. The topological polar surface area (TPSA) is 81.1 Å². The normalized spacial score (nSPS) is 23.8. The number of nitrogens with zero attached hydrogens (tertiary/aromatic N) is 2. The highest BCUT2D eigenvalue weighted by Gasteiger charge is 2.46. The molecule has 2 aliphatic heterocycles. The number of carbonyl (C=O) groups is 2. The fourth-order valence-electron chi connectivity index (χ4n) is 2.87. The summed E-state index contributed by atoms with van der Waals surface area (Å²) in [5, 5.41) is 17.9. The van der Waals surface area contributed by atoms with E-state index in [0.29, 0.717) is 32.5 Å². The van der Waals surface area contributed by atoms with Gasteiger partial charge in [0.1, 0.15) is 0 Å². The van der Waals surface area contributed by atoms with Crippen LogP contribution in [0.2, 0.25) is 0 Å². The van der Waals surface area contributed by atoms with Crippen molar-refractivity contribution in [2.24, 2.45) is 0 Å². The number of piperidine rings is 1.